The number of methoxy groups -OCH3 is 1. The van der Waals surface area contributed by atoms with Gasteiger partial charge in [0.1, 0.15) is 5.02 Å². The molecule has 17 heavy (non-hydrogen) atoms. The zero-order valence-corrected chi connectivity index (χ0v) is 10.3. The van der Waals surface area contributed by atoms with Crippen LogP contribution in [0.1, 0.15) is 12.0 Å². The van der Waals surface area contributed by atoms with E-state index in [-0.39, 0.29) is 10.7 Å². The van der Waals surface area contributed by atoms with Gasteiger partial charge in [-0.1, -0.05) is 17.7 Å². The number of rotatable bonds is 7. The van der Waals surface area contributed by atoms with Gasteiger partial charge >= 0.3 is 0 Å². The van der Waals surface area contributed by atoms with Crippen molar-refractivity contribution in [1.82, 2.24) is 0 Å². The molecule has 0 saturated carbocycles. The number of halogens is 1. The maximum absolute atomic E-state index is 10.7. The van der Waals surface area contributed by atoms with Gasteiger partial charge in [0.15, 0.2) is 0 Å². The Morgan fingerprint density at radius 1 is 1.41 bits per heavy atom. The second-order valence-electron chi connectivity index (χ2n) is 3.44. The highest BCUT2D eigenvalue weighted by Gasteiger charge is 2.12. The summed E-state index contributed by atoms with van der Waals surface area (Å²) in [5.74, 6) is 0. The molecule has 1 rings (SSSR count). The third kappa shape index (κ3) is 4.68. The highest BCUT2D eigenvalue weighted by Crippen LogP contribution is 2.25. The fraction of sp³-hybridized carbons (Fsp3) is 0.455. The van der Waals surface area contributed by atoms with E-state index >= 15 is 0 Å². The molecule has 94 valence electrons. The fourth-order valence-corrected chi connectivity index (χ4v) is 1.47. The van der Waals surface area contributed by atoms with E-state index in [4.69, 9.17) is 21.1 Å². The quantitative estimate of drug-likeness (QED) is 0.429. The molecule has 0 amide bonds. The van der Waals surface area contributed by atoms with Gasteiger partial charge in [0.05, 0.1) is 11.5 Å². The van der Waals surface area contributed by atoms with Gasteiger partial charge in [-0.3, -0.25) is 10.1 Å². The van der Waals surface area contributed by atoms with E-state index in [1.807, 2.05) is 0 Å². The van der Waals surface area contributed by atoms with Crippen LogP contribution in [0.25, 0.3) is 0 Å². The van der Waals surface area contributed by atoms with Crippen molar-refractivity contribution in [2.24, 2.45) is 0 Å². The van der Waals surface area contributed by atoms with Gasteiger partial charge in [-0.15, -0.1) is 0 Å². The summed E-state index contributed by atoms with van der Waals surface area (Å²) in [5.41, 5.74) is 0.642. The maximum Gasteiger partial charge on any atom is 0.288 e. The van der Waals surface area contributed by atoms with E-state index in [9.17, 15) is 10.1 Å². The Labute approximate surface area is 104 Å². The first-order valence-corrected chi connectivity index (χ1v) is 5.52. The monoisotopic (exact) mass is 259 g/mol. The lowest BCUT2D eigenvalue weighted by molar-refractivity contribution is -0.384. The lowest BCUT2D eigenvalue weighted by Crippen LogP contribution is -2.00. The van der Waals surface area contributed by atoms with E-state index in [1.165, 1.54) is 12.1 Å². The van der Waals surface area contributed by atoms with E-state index in [0.717, 1.165) is 12.0 Å². The van der Waals surface area contributed by atoms with Crippen LogP contribution in [-0.4, -0.2) is 25.2 Å². The lowest BCUT2D eigenvalue weighted by atomic mass is 10.2. The molecule has 0 unspecified atom stereocenters. The third-order valence-corrected chi connectivity index (χ3v) is 2.43. The lowest BCUT2D eigenvalue weighted by Gasteiger charge is -2.04. The molecule has 0 N–H and O–H groups in total. The van der Waals surface area contributed by atoms with Gasteiger partial charge in [0.25, 0.3) is 5.69 Å². The Kier molecular flexibility index (Phi) is 5.90. The average Bonchev–Trinajstić information content (AvgIpc) is 2.30. The Morgan fingerprint density at radius 3 is 2.82 bits per heavy atom. The minimum atomic E-state index is -0.503. The van der Waals surface area contributed by atoms with Crippen LogP contribution in [-0.2, 0) is 16.1 Å². The van der Waals surface area contributed by atoms with Gasteiger partial charge in [-0.05, 0) is 18.1 Å². The minimum Gasteiger partial charge on any atom is -0.385 e. The molecule has 0 spiro atoms. The largest absolute Gasteiger partial charge is 0.385 e. The van der Waals surface area contributed by atoms with Crippen LogP contribution >= 0.6 is 11.6 Å². The minimum absolute atomic E-state index is 0.0929. The molecule has 1 aromatic carbocycles. The van der Waals surface area contributed by atoms with Crippen LogP contribution in [0.5, 0.6) is 0 Å². The number of benzene rings is 1. The second kappa shape index (κ2) is 7.21. The molecule has 6 heteroatoms. The molecule has 0 radical (unpaired) electrons. The molecular weight excluding hydrogens is 246 g/mol. The highest BCUT2D eigenvalue weighted by molar-refractivity contribution is 6.32. The van der Waals surface area contributed by atoms with E-state index < -0.39 is 4.92 Å². The number of nitro groups is 1. The number of ether oxygens (including phenoxy) is 2. The Morgan fingerprint density at radius 2 is 2.18 bits per heavy atom. The number of nitrogens with zero attached hydrogens (tertiary/aromatic N) is 1. The van der Waals surface area contributed by atoms with Crippen molar-refractivity contribution in [3.8, 4) is 0 Å². The summed E-state index contributed by atoms with van der Waals surface area (Å²) in [4.78, 5) is 10.1. The predicted molar refractivity (Wildman–Crippen MR) is 64.3 cm³/mol. The summed E-state index contributed by atoms with van der Waals surface area (Å²) in [6.45, 7) is 1.53. The van der Waals surface area contributed by atoms with Gasteiger partial charge in [-0.2, -0.15) is 0 Å². The molecule has 1 aromatic rings. The molecule has 0 aliphatic heterocycles. The van der Waals surface area contributed by atoms with E-state index in [0.29, 0.717) is 19.8 Å². The Hall–Kier alpha value is -1.17. The van der Waals surface area contributed by atoms with Crippen LogP contribution in [0.4, 0.5) is 5.69 Å². The van der Waals surface area contributed by atoms with Crippen molar-refractivity contribution >= 4 is 17.3 Å². The summed E-state index contributed by atoms with van der Waals surface area (Å²) in [5, 5.41) is 10.8. The standard InChI is InChI=1S/C11H14ClNO4/c1-16-5-2-6-17-8-9-3-4-10(12)11(7-9)13(14)15/h3-4,7H,2,5-6,8H2,1H3. The van der Waals surface area contributed by atoms with Crippen molar-refractivity contribution in [3.63, 3.8) is 0 Å². The molecular formula is C11H14ClNO4. The molecule has 0 atom stereocenters. The van der Waals surface area contributed by atoms with Gasteiger partial charge < -0.3 is 9.47 Å². The van der Waals surface area contributed by atoms with Gasteiger partial charge in [0, 0.05) is 26.4 Å². The maximum atomic E-state index is 10.7. The van der Waals surface area contributed by atoms with Crippen LogP contribution in [0, 0.1) is 10.1 Å². The van der Waals surface area contributed by atoms with Crippen molar-refractivity contribution in [2.45, 2.75) is 13.0 Å². The number of hydrogen-bond acceptors (Lipinski definition) is 4. The fourth-order valence-electron chi connectivity index (χ4n) is 1.28. The predicted octanol–water partition coefficient (Wildman–Crippen LogP) is 2.80. The summed E-state index contributed by atoms with van der Waals surface area (Å²) in [6, 6.07) is 4.65. The third-order valence-electron chi connectivity index (χ3n) is 2.11. The molecule has 0 bridgehead atoms. The smallest absolute Gasteiger partial charge is 0.288 e. The zero-order chi connectivity index (χ0) is 12.7. The highest BCUT2D eigenvalue weighted by atomic mass is 35.5. The van der Waals surface area contributed by atoms with E-state index in [2.05, 4.69) is 0 Å². The van der Waals surface area contributed by atoms with E-state index in [1.54, 1.807) is 13.2 Å². The number of nitro benzene ring substituents is 1. The van der Waals surface area contributed by atoms with Gasteiger partial charge in [0.2, 0.25) is 0 Å². The molecule has 0 aromatic heterocycles. The normalized spacial score (nSPS) is 10.5. The molecule has 0 aliphatic carbocycles. The van der Waals surface area contributed by atoms with Crippen LogP contribution in [0.15, 0.2) is 18.2 Å². The summed E-state index contributed by atoms with van der Waals surface area (Å²) >= 11 is 5.69. The van der Waals surface area contributed by atoms with Crippen LogP contribution in [0.2, 0.25) is 5.02 Å². The van der Waals surface area contributed by atoms with Crippen molar-refractivity contribution < 1.29 is 14.4 Å². The average molecular weight is 260 g/mol. The molecule has 0 fully saturated rings. The zero-order valence-electron chi connectivity index (χ0n) is 9.52. The molecule has 0 aliphatic rings. The summed E-state index contributed by atoms with van der Waals surface area (Å²) < 4.78 is 10.2. The summed E-state index contributed by atoms with van der Waals surface area (Å²) in [6.07, 6.45) is 0.798. The van der Waals surface area contributed by atoms with Gasteiger partial charge in [-0.25, -0.2) is 0 Å². The Balaban J connectivity index is 2.49. The molecule has 0 saturated heterocycles. The van der Waals surface area contributed by atoms with Crippen molar-refractivity contribution in [3.05, 3.63) is 38.9 Å². The second-order valence-corrected chi connectivity index (χ2v) is 3.85. The van der Waals surface area contributed by atoms with Crippen LogP contribution < -0.4 is 0 Å². The SMILES string of the molecule is COCCCOCc1ccc(Cl)c([N+](=O)[O-])c1. The topological polar surface area (TPSA) is 61.6 Å². The first-order chi connectivity index (χ1) is 8.15. The van der Waals surface area contributed by atoms with Crippen LogP contribution in [0.3, 0.4) is 0 Å². The van der Waals surface area contributed by atoms with Crippen molar-refractivity contribution in [2.75, 3.05) is 20.3 Å². The first-order valence-electron chi connectivity index (χ1n) is 5.14. The Bertz CT molecular complexity index is 384. The molecule has 5 nitrogen and oxygen atoms in total. The summed E-state index contributed by atoms with van der Waals surface area (Å²) in [7, 11) is 1.63. The van der Waals surface area contributed by atoms with Crippen molar-refractivity contribution in [1.29, 1.82) is 0 Å². The molecule has 0 heterocycles. The number of hydrogen-bond donors (Lipinski definition) is 0. The first kappa shape index (κ1) is 13.9.